The lowest BCUT2D eigenvalue weighted by atomic mass is 10.2. The molecule has 154 valence electrons. The van der Waals surface area contributed by atoms with E-state index >= 15 is 0 Å². The summed E-state index contributed by atoms with van der Waals surface area (Å²) in [6, 6.07) is 5.76. The van der Waals surface area contributed by atoms with Gasteiger partial charge in [-0.05, 0) is 30.7 Å². The summed E-state index contributed by atoms with van der Waals surface area (Å²) >= 11 is 6.05. The van der Waals surface area contributed by atoms with Gasteiger partial charge in [0.05, 0.1) is 11.7 Å². The standard InChI is InChI=1S/C20H21ClN8O/c1-3-17(30)26-12-4-5-14-16(8-12)24-11-25-19(14)29-7-6-13(10-29)27-20-23-9-15(21)18(22-2)28-20/h3-5,8-9,11,13H,1,6-7,10H2,2H3,(H,26,30)(H2,22,23,27,28)/t13-/m1/s1. The number of anilines is 4. The molecule has 1 aromatic carbocycles. The van der Waals surface area contributed by atoms with Gasteiger partial charge in [-0.2, -0.15) is 4.98 Å². The number of fused-ring (bicyclic) bond motifs is 1. The minimum absolute atomic E-state index is 0.173. The minimum Gasteiger partial charge on any atom is -0.372 e. The molecule has 0 spiro atoms. The van der Waals surface area contributed by atoms with E-state index in [9.17, 15) is 4.79 Å². The number of nitrogens with zero attached hydrogens (tertiary/aromatic N) is 5. The summed E-state index contributed by atoms with van der Waals surface area (Å²) in [6.45, 7) is 5.06. The van der Waals surface area contributed by atoms with Crippen LogP contribution in [0.4, 0.5) is 23.3 Å². The molecule has 1 amide bonds. The van der Waals surface area contributed by atoms with Crippen molar-refractivity contribution >= 4 is 51.7 Å². The molecule has 3 heterocycles. The highest BCUT2D eigenvalue weighted by atomic mass is 35.5. The van der Waals surface area contributed by atoms with Crippen LogP contribution in [0.3, 0.4) is 0 Å². The van der Waals surface area contributed by atoms with Crippen LogP contribution in [0.2, 0.25) is 5.02 Å². The summed E-state index contributed by atoms with van der Waals surface area (Å²) in [6.07, 6.45) is 5.27. The fraction of sp³-hybridized carbons (Fsp3) is 0.250. The first-order chi connectivity index (χ1) is 14.6. The van der Waals surface area contributed by atoms with E-state index in [1.165, 1.54) is 6.08 Å². The number of benzene rings is 1. The average Bonchev–Trinajstić information content (AvgIpc) is 3.22. The molecule has 0 bridgehead atoms. The molecule has 1 aliphatic heterocycles. The maximum Gasteiger partial charge on any atom is 0.247 e. The molecule has 4 rings (SSSR count). The number of amides is 1. The molecule has 3 N–H and O–H groups in total. The van der Waals surface area contributed by atoms with Gasteiger partial charge in [-0.1, -0.05) is 18.2 Å². The van der Waals surface area contributed by atoms with Gasteiger partial charge in [-0.25, -0.2) is 15.0 Å². The van der Waals surface area contributed by atoms with E-state index in [0.717, 1.165) is 36.2 Å². The zero-order valence-electron chi connectivity index (χ0n) is 16.4. The highest BCUT2D eigenvalue weighted by Gasteiger charge is 2.25. The summed E-state index contributed by atoms with van der Waals surface area (Å²) in [7, 11) is 1.77. The van der Waals surface area contributed by atoms with Gasteiger partial charge in [0.1, 0.15) is 23.0 Å². The summed E-state index contributed by atoms with van der Waals surface area (Å²) in [5.74, 6) is 1.72. The number of nitrogens with one attached hydrogen (secondary N) is 3. The minimum atomic E-state index is -0.261. The van der Waals surface area contributed by atoms with E-state index < -0.39 is 0 Å². The van der Waals surface area contributed by atoms with Crippen LogP contribution in [-0.2, 0) is 4.79 Å². The maximum atomic E-state index is 11.5. The lowest BCUT2D eigenvalue weighted by Gasteiger charge is -2.19. The van der Waals surface area contributed by atoms with E-state index in [4.69, 9.17) is 11.6 Å². The first-order valence-corrected chi connectivity index (χ1v) is 9.85. The predicted molar refractivity (Wildman–Crippen MR) is 119 cm³/mol. The quantitative estimate of drug-likeness (QED) is 0.518. The number of halogens is 1. The Balaban J connectivity index is 1.51. The molecule has 1 aliphatic rings. The molecule has 0 radical (unpaired) electrons. The first kappa shape index (κ1) is 19.8. The van der Waals surface area contributed by atoms with Crippen molar-refractivity contribution < 1.29 is 4.79 Å². The van der Waals surface area contributed by atoms with Gasteiger partial charge in [0.2, 0.25) is 11.9 Å². The Morgan fingerprint density at radius 2 is 2.20 bits per heavy atom. The lowest BCUT2D eigenvalue weighted by molar-refractivity contribution is -0.111. The van der Waals surface area contributed by atoms with Crippen molar-refractivity contribution in [1.82, 2.24) is 19.9 Å². The molecular formula is C20H21ClN8O. The molecule has 2 aromatic heterocycles. The smallest absolute Gasteiger partial charge is 0.247 e. The molecule has 1 fully saturated rings. The van der Waals surface area contributed by atoms with E-state index in [0.29, 0.717) is 22.5 Å². The van der Waals surface area contributed by atoms with Crippen molar-refractivity contribution in [2.75, 3.05) is 41.0 Å². The van der Waals surface area contributed by atoms with Gasteiger partial charge >= 0.3 is 0 Å². The van der Waals surface area contributed by atoms with Crippen LogP contribution in [0.5, 0.6) is 0 Å². The van der Waals surface area contributed by atoms with E-state index in [-0.39, 0.29) is 11.9 Å². The third-order valence-corrected chi connectivity index (χ3v) is 5.15. The zero-order valence-corrected chi connectivity index (χ0v) is 17.1. The van der Waals surface area contributed by atoms with Crippen molar-refractivity contribution in [3.63, 3.8) is 0 Å². The van der Waals surface area contributed by atoms with E-state index in [2.05, 4.69) is 47.4 Å². The molecule has 0 unspecified atom stereocenters. The molecule has 0 aliphatic carbocycles. The second-order valence-corrected chi connectivity index (χ2v) is 7.25. The summed E-state index contributed by atoms with van der Waals surface area (Å²) in [5, 5.41) is 10.5. The zero-order chi connectivity index (χ0) is 21.1. The molecule has 0 saturated carbocycles. The average molecular weight is 425 g/mol. The van der Waals surface area contributed by atoms with Crippen molar-refractivity contribution in [2.45, 2.75) is 12.5 Å². The second kappa shape index (κ2) is 8.50. The fourth-order valence-electron chi connectivity index (χ4n) is 3.43. The Kier molecular flexibility index (Phi) is 5.62. The van der Waals surface area contributed by atoms with Gasteiger partial charge in [-0.15, -0.1) is 0 Å². The Bertz CT molecular complexity index is 1110. The predicted octanol–water partition coefficient (Wildman–Crippen LogP) is 2.93. The topological polar surface area (TPSA) is 108 Å². The molecular weight excluding hydrogens is 404 g/mol. The van der Waals surface area contributed by atoms with Crippen LogP contribution in [-0.4, -0.2) is 52.0 Å². The maximum absolute atomic E-state index is 11.5. The summed E-state index contributed by atoms with van der Waals surface area (Å²) in [4.78, 5) is 31.2. The number of aromatic nitrogens is 4. The van der Waals surface area contributed by atoms with Gasteiger partial charge in [0.25, 0.3) is 0 Å². The van der Waals surface area contributed by atoms with E-state index in [1.54, 1.807) is 19.6 Å². The highest BCUT2D eigenvalue weighted by Crippen LogP contribution is 2.29. The molecule has 9 nitrogen and oxygen atoms in total. The molecule has 30 heavy (non-hydrogen) atoms. The summed E-state index contributed by atoms with van der Waals surface area (Å²) in [5.41, 5.74) is 1.43. The summed E-state index contributed by atoms with van der Waals surface area (Å²) < 4.78 is 0. The normalized spacial score (nSPS) is 15.8. The molecule has 10 heteroatoms. The van der Waals surface area contributed by atoms with Gasteiger partial charge < -0.3 is 20.9 Å². The monoisotopic (exact) mass is 424 g/mol. The van der Waals surface area contributed by atoms with Gasteiger partial charge in [0, 0.05) is 37.3 Å². The third-order valence-electron chi connectivity index (χ3n) is 4.87. The van der Waals surface area contributed by atoms with Gasteiger partial charge in [-0.3, -0.25) is 4.79 Å². The van der Waals surface area contributed by atoms with E-state index in [1.807, 2.05) is 18.2 Å². The van der Waals surface area contributed by atoms with Crippen molar-refractivity contribution in [1.29, 1.82) is 0 Å². The second-order valence-electron chi connectivity index (χ2n) is 6.84. The van der Waals surface area contributed by atoms with Gasteiger partial charge in [0.15, 0.2) is 0 Å². The number of hydrogen-bond donors (Lipinski definition) is 3. The Morgan fingerprint density at radius 3 is 3.00 bits per heavy atom. The first-order valence-electron chi connectivity index (χ1n) is 9.47. The van der Waals surface area contributed by atoms with Crippen LogP contribution in [0.25, 0.3) is 10.9 Å². The molecule has 1 saturated heterocycles. The number of hydrogen-bond acceptors (Lipinski definition) is 8. The number of carbonyl (C=O) groups is 1. The highest BCUT2D eigenvalue weighted by molar-refractivity contribution is 6.32. The fourth-order valence-corrected chi connectivity index (χ4v) is 3.62. The Morgan fingerprint density at radius 1 is 1.33 bits per heavy atom. The largest absolute Gasteiger partial charge is 0.372 e. The SMILES string of the molecule is C=CC(=O)Nc1ccc2c(N3CC[C@@H](Nc4ncc(Cl)c(NC)n4)C3)ncnc2c1. The van der Waals surface area contributed by atoms with Crippen LogP contribution < -0.4 is 20.9 Å². The van der Waals surface area contributed by atoms with Crippen LogP contribution >= 0.6 is 11.6 Å². The lowest BCUT2D eigenvalue weighted by Crippen LogP contribution is -2.27. The van der Waals surface area contributed by atoms with Crippen LogP contribution in [0, 0.1) is 0 Å². The Hall–Kier alpha value is -3.46. The molecule has 1 atom stereocenters. The number of carbonyl (C=O) groups excluding carboxylic acids is 1. The molecule has 3 aromatic rings. The number of rotatable bonds is 6. The van der Waals surface area contributed by atoms with Crippen molar-refractivity contribution in [2.24, 2.45) is 0 Å². The van der Waals surface area contributed by atoms with Crippen molar-refractivity contribution in [3.8, 4) is 0 Å². The van der Waals surface area contributed by atoms with Crippen LogP contribution in [0.1, 0.15) is 6.42 Å². The van der Waals surface area contributed by atoms with Crippen molar-refractivity contribution in [3.05, 3.63) is 48.4 Å². The Labute approximate surface area is 178 Å². The third kappa shape index (κ3) is 4.11. The van der Waals surface area contributed by atoms with Crippen LogP contribution in [0.15, 0.2) is 43.4 Å².